The van der Waals surface area contributed by atoms with Crippen LogP contribution in [0.4, 0.5) is 0 Å². The second kappa shape index (κ2) is 6.86. The molecule has 0 bridgehead atoms. The smallest absolute Gasteiger partial charge is 0.330 e. The Labute approximate surface area is 101 Å². The van der Waals surface area contributed by atoms with E-state index in [1.54, 1.807) is 27.7 Å². The fraction of sp³-hybridized carbons (Fsp3) is 0.727. The van der Waals surface area contributed by atoms with Crippen molar-refractivity contribution in [1.29, 1.82) is 5.26 Å². The number of carbonyl (C=O) groups excluding carboxylic acids is 2. The van der Waals surface area contributed by atoms with Crippen molar-refractivity contribution in [3.63, 3.8) is 0 Å². The molecule has 0 saturated heterocycles. The van der Waals surface area contributed by atoms with Crippen LogP contribution in [-0.4, -0.2) is 36.7 Å². The fourth-order valence-electron chi connectivity index (χ4n) is 0.804. The van der Waals surface area contributed by atoms with E-state index in [0.717, 1.165) is 5.06 Å². The Morgan fingerprint density at radius 2 is 1.94 bits per heavy atom. The van der Waals surface area contributed by atoms with Gasteiger partial charge in [-0.15, -0.1) is 5.06 Å². The Hall–Kier alpha value is -1.61. The molecule has 0 aliphatic heterocycles. The van der Waals surface area contributed by atoms with Gasteiger partial charge in [-0.1, -0.05) is 0 Å². The van der Waals surface area contributed by atoms with E-state index in [0.29, 0.717) is 0 Å². The van der Waals surface area contributed by atoms with Gasteiger partial charge in [0.2, 0.25) is 0 Å². The number of nitrogens with zero attached hydrogens (tertiary/aromatic N) is 2. The van der Waals surface area contributed by atoms with E-state index in [9.17, 15) is 9.59 Å². The first-order valence-corrected chi connectivity index (χ1v) is 5.31. The lowest BCUT2D eigenvalue weighted by molar-refractivity contribution is -0.200. The Morgan fingerprint density at radius 1 is 1.35 bits per heavy atom. The summed E-state index contributed by atoms with van der Waals surface area (Å²) in [7, 11) is 0. The predicted octanol–water partition coefficient (Wildman–Crippen LogP) is 0.879. The van der Waals surface area contributed by atoms with Crippen molar-refractivity contribution in [2.45, 2.75) is 27.7 Å². The van der Waals surface area contributed by atoms with Gasteiger partial charge in [-0.3, -0.25) is 4.79 Å². The van der Waals surface area contributed by atoms with Crippen LogP contribution < -0.4 is 0 Å². The van der Waals surface area contributed by atoms with Gasteiger partial charge in [0.1, 0.15) is 13.1 Å². The molecule has 0 atom stereocenters. The van der Waals surface area contributed by atoms with Gasteiger partial charge in [-0.25, -0.2) is 4.79 Å². The Morgan fingerprint density at radius 3 is 2.35 bits per heavy atom. The molecule has 0 saturated carbocycles. The second-order valence-electron chi connectivity index (χ2n) is 4.39. The largest absolute Gasteiger partial charge is 0.465 e. The summed E-state index contributed by atoms with van der Waals surface area (Å²) in [4.78, 5) is 27.7. The molecule has 0 rings (SSSR count). The maximum atomic E-state index is 11.6. The summed E-state index contributed by atoms with van der Waals surface area (Å²) in [6.07, 6.45) is 0. The molecule has 0 radical (unpaired) electrons. The van der Waals surface area contributed by atoms with Gasteiger partial charge in [-0.2, -0.15) is 5.26 Å². The number of nitriles is 1. The number of hydroxylamine groups is 2. The van der Waals surface area contributed by atoms with Gasteiger partial charge < -0.3 is 9.57 Å². The van der Waals surface area contributed by atoms with Gasteiger partial charge >= 0.3 is 11.9 Å². The molecular formula is C11H18N2O4. The van der Waals surface area contributed by atoms with E-state index in [-0.39, 0.29) is 19.7 Å². The van der Waals surface area contributed by atoms with Crippen LogP contribution in [0.15, 0.2) is 0 Å². The highest BCUT2D eigenvalue weighted by Gasteiger charge is 2.26. The van der Waals surface area contributed by atoms with Crippen molar-refractivity contribution in [3.05, 3.63) is 0 Å². The monoisotopic (exact) mass is 242 g/mol. The standard InChI is InChI=1S/C11H18N2O4/c1-5-16-9(14)8-13(7-6-12)17-10(15)11(2,3)4/h5,7-8H2,1-4H3. The van der Waals surface area contributed by atoms with Gasteiger partial charge in [0.15, 0.2) is 0 Å². The lowest BCUT2D eigenvalue weighted by Crippen LogP contribution is -2.37. The van der Waals surface area contributed by atoms with E-state index < -0.39 is 17.4 Å². The lowest BCUT2D eigenvalue weighted by atomic mass is 9.98. The zero-order valence-corrected chi connectivity index (χ0v) is 10.6. The molecule has 0 aromatic heterocycles. The first-order chi connectivity index (χ1) is 7.81. The number of ether oxygens (including phenoxy) is 1. The highest BCUT2D eigenvalue weighted by atomic mass is 16.7. The molecule has 0 spiro atoms. The van der Waals surface area contributed by atoms with Crippen LogP contribution in [-0.2, 0) is 19.2 Å². The fourth-order valence-corrected chi connectivity index (χ4v) is 0.804. The van der Waals surface area contributed by atoms with E-state index in [1.165, 1.54) is 0 Å². The first-order valence-electron chi connectivity index (χ1n) is 5.31. The minimum atomic E-state index is -0.692. The molecule has 0 heterocycles. The molecule has 0 aromatic rings. The van der Waals surface area contributed by atoms with Crippen LogP contribution in [0, 0.1) is 16.7 Å². The zero-order chi connectivity index (χ0) is 13.5. The van der Waals surface area contributed by atoms with E-state index in [2.05, 4.69) is 0 Å². The molecule has 17 heavy (non-hydrogen) atoms. The van der Waals surface area contributed by atoms with Crippen molar-refractivity contribution >= 4 is 11.9 Å². The van der Waals surface area contributed by atoms with Gasteiger partial charge in [0.05, 0.1) is 18.1 Å². The minimum absolute atomic E-state index is 0.180. The zero-order valence-electron chi connectivity index (χ0n) is 10.6. The summed E-state index contributed by atoms with van der Waals surface area (Å²) >= 11 is 0. The first kappa shape index (κ1) is 15.4. The third kappa shape index (κ3) is 6.53. The Balaban J connectivity index is 4.40. The van der Waals surface area contributed by atoms with E-state index in [1.807, 2.05) is 6.07 Å². The number of esters is 1. The summed E-state index contributed by atoms with van der Waals surface area (Å²) in [5.41, 5.74) is -0.692. The molecule has 6 nitrogen and oxygen atoms in total. The predicted molar refractivity (Wildman–Crippen MR) is 59.4 cm³/mol. The average molecular weight is 242 g/mol. The Kier molecular flexibility index (Phi) is 6.21. The Bertz CT molecular complexity index is 314. The molecule has 96 valence electrons. The summed E-state index contributed by atoms with van der Waals surface area (Å²) in [6.45, 7) is 6.54. The maximum absolute atomic E-state index is 11.6. The highest BCUT2D eigenvalue weighted by molar-refractivity contribution is 5.76. The van der Waals surface area contributed by atoms with Gasteiger partial charge in [-0.05, 0) is 27.7 Å². The minimum Gasteiger partial charge on any atom is -0.465 e. The van der Waals surface area contributed by atoms with Gasteiger partial charge in [0.25, 0.3) is 0 Å². The van der Waals surface area contributed by atoms with Crippen molar-refractivity contribution in [2.75, 3.05) is 19.7 Å². The van der Waals surface area contributed by atoms with Crippen LogP contribution in [0.25, 0.3) is 0 Å². The molecule has 0 aromatic carbocycles. The molecule has 0 aliphatic carbocycles. The third-order valence-electron chi connectivity index (χ3n) is 1.68. The maximum Gasteiger partial charge on any atom is 0.330 e. The van der Waals surface area contributed by atoms with Crippen molar-refractivity contribution < 1.29 is 19.2 Å². The van der Waals surface area contributed by atoms with Crippen LogP contribution in [0.1, 0.15) is 27.7 Å². The molecular weight excluding hydrogens is 224 g/mol. The molecule has 0 N–H and O–H groups in total. The number of carbonyl (C=O) groups is 2. The summed E-state index contributed by atoms with van der Waals surface area (Å²) in [6, 6.07) is 1.81. The molecule has 6 heteroatoms. The second-order valence-corrected chi connectivity index (χ2v) is 4.39. The normalized spacial score (nSPS) is 10.8. The molecule has 0 fully saturated rings. The van der Waals surface area contributed by atoms with Crippen LogP contribution in [0.3, 0.4) is 0 Å². The van der Waals surface area contributed by atoms with Crippen LogP contribution >= 0.6 is 0 Å². The van der Waals surface area contributed by atoms with E-state index in [4.69, 9.17) is 14.8 Å². The SMILES string of the molecule is CCOC(=O)CN(CC#N)OC(=O)C(C)(C)C. The highest BCUT2D eigenvalue weighted by Crippen LogP contribution is 2.15. The third-order valence-corrected chi connectivity index (χ3v) is 1.68. The summed E-state index contributed by atoms with van der Waals surface area (Å²) < 4.78 is 4.70. The van der Waals surface area contributed by atoms with Crippen molar-refractivity contribution in [2.24, 2.45) is 5.41 Å². The van der Waals surface area contributed by atoms with Crippen LogP contribution in [0.5, 0.6) is 0 Å². The molecule has 0 aliphatic rings. The van der Waals surface area contributed by atoms with Crippen molar-refractivity contribution in [3.8, 4) is 6.07 Å². The topological polar surface area (TPSA) is 79.6 Å². The quantitative estimate of drug-likeness (QED) is 0.404. The number of hydrogen-bond acceptors (Lipinski definition) is 6. The van der Waals surface area contributed by atoms with E-state index >= 15 is 0 Å². The molecule has 0 amide bonds. The number of rotatable bonds is 5. The van der Waals surface area contributed by atoms with Crippen molar-refractivity contribution in [1.82, 2.24) is 5.06 Å². The lowest BCUT2D eigenvalue weighted by Gasteiger charge is -2.22. The average Bonchev–Trinajstić information content (AvgIpc) is 2.16. The number of hydrogen-bond donors (Lipinski definition) is 0. The molecule has 0 unspecified atom stereocenters. The summed E-state index contributed by atoms with van der Waals surface area (Å²) in [5, 5.41) is 9.55. The van der Waals surface area contributed by atoms with Gasteiger partial charge in [0, 0.05) is 0 Å². The summed E-state index contributed by atoms with van der Waals surface area (Å²) in [5.74, 6) is -1.04. The van der Waals surface area contributed by atoms with Crippen LogP contribution in [0.2, 0.25) is 0 Å².